The van der Waals surface area contributed by atoms with Crippen LogP contribution in [-0.2, 0) is 6.54 Å². The molecule has 0 bridgehead atoms. The number of aromatic nitrogens is 3. The van der Waals surface area contributed by atoms with Crippen LogP contribution < -0.4 is 19.7 Å². The minimum absolute atomic E-state index is 0.0719. The molecule has 0 saturated carbocycles. The second-order valence-corrected chi connectivity index (χ2v) is 7.93. The Morgan fingerprint density at radius 2 is 1.91 bits per heavy atom. The fourth-order valence-electron chi connectivity index (χ4n) is 3.88. The zero-order chi connectivity index (χ0) is 22.8. The summed E-state index contributed by atoms with van der Waals surface area (Å²) in [6.07, 6.45) is 2.85. The molecule has 0 spiro atoms. The van der Waals surface area contributed by atoms with Gasteiger partial charge in [0.1, 0.15) is 6.33 Å². The third kappa shape index (κ3) is 4.45. The van der Waals surface area contributed by atoms with Crippen molar-refractivity contribution in [1.82, 2.24) is 19.9 Å². The number of hydrogen-bond donors (Lipinski definition) is 1. The van der Waals surface area contributed by atoms with Crippen LogP contribution in [0.15, 0.2) is 42.9 Å². The van der Waals surface area contributed by atoms with E-state index in [9.17, 15) is 10.1 Å². The summed E-state index contributed by atoms with van der Waals surface area (Å²) in [4.78, 5) is 28.0. The van der Waals surface area contributed by atoms with E-state index in [0.29, 0.717) is 18.8 Å². The number of rotatable bonds is 6. The minimum Gasteiger partial charge on any atom is -0.454 e. The van der Waals surface area contributed by atoms with Crippen LogP contribution in [0.4, 0.5) is 23.0 Å². The van der Waals surface area contributed by atoms with Crippen molar-refractivity contribution in [3.63, 3.8) is 0 Å². The minimum atomic E-state index is -0.471. The summed E-state index contributed by atoms with van der Waals surface area (Å²) in [6.45, 7) is 3.65. The van der Waals surface area contributed by atoms with E-state index in [1.165, 1.54) is 12.5 Å². The average molecular weight is 470 g/mol. The van der Waals surface area contributed by atoms with Crippen LogP contribution in [0.25, 0.3) is 0 Å². The van der Waals surface area contributed by atoms with Crippen LogP contribution in [0.2, 0.25) is 5.15 Å². The molecule has 0 radical (unpaired) electrons. The number of nitro groups is 1. The SMILES string of the molecule is O=[N+]([O-])c1c(Nc2cccnc2Cl)ncnc1N1CCN(Cc2ccc3c(c2)OCO3)CC1. The lowest BCUT2D eigenvalue weighted by Gasteiger charge is -2.35. The van der Waals surface area contributed by atoms with Crippen molar-refractivity contribution in [1.29, 1.82) is 0 Å². The second kappa shape index (κ2) is 9.04. The first kappa shape index (κ1) is 21.2. The van der Waals surface area contributed by atoms with Gasteiger partial charge in [-0.3, -0.25) is 15.0 Å². The summed E-state index contributed by atoms with van der Waals surface area (Å²) >= 11 is 6.09. The highest BCUT2D eigenvalue weighted by Crippen LogP contribution is 2.36. The zero-order valence-corrected chi connectivity index (χ0v) is 18.2. The van der Waals surface area contributed by atoms with E-state index in [2.05, 4.69) is 25.2 Å². The molecule has 11 nitrogen and oxygen atoms in total. The van der Waals surface area contributed by atoms with Crippen molar-refractivity contribution in [3.05, 3.63) is 63.7 Å². The van der Waals surface area contributed by atoms with E-state index in [1.54, 1.807) is 12.1 Å². The molecule has 2 aliphatic rings. The molecule has 1 N–H and O–H groups in total. The molecule has 1 fully saturated rings. The van der Waals surface area contributed by atoms with Crippen LogP contribution in [0.1, 0.15) is 5.56 Å². The molecule has 12 heteroatoms. The Morgan fingerprint density at radius 1 is 1.09 bits per heavy atom. The smallest absolute Gasteiger partial charge is 0.353 e. The quantitative estimate of drug-likeness (QED) is 0.327. The molecule has 0 aliphatic carbocycles. The highest BCUT2D eigenvalue weighted by atomic mass is 35.5. The third-order valence-electron chi connectivity index (χ3n) is 5.51. The van der Waals surface area contributed by atoms with Crippen molar-refractivity contribution in [2.75, 3.05) is 43.2 Å². The Balaban J connectivity index is 1.30. The van der Waals surface area contributed by atoms with Crippen LogP contribution in [0.3, 0.4) is 0 Å². The summed E-state index contributed by atoms with van der Waals surface area (Å²) in [5, 5.41) is 15.1. The van der Waals surface area contributed by atoms with Gasteiger partial charge in [0.2, 0.25) is 18.4 Å². The number of benzene rings is 1. The average Bonchev–Trinajstić information content (AvgIpc) is 3.29. The van der Waals surface area contributed by atoms with Gasteiger partial charge in [0, 0.05) is 38.9 Å². The van der Waals surface area contributed by atoms with Gasteiger partial charge >= 0.3 is 5.69 Å². The second-order valence-electron chi connectivity index (χ2n) is 7.57. The van der Waals surface area contributed by atoms with Gasteiger partial charge in [-0.15, -0.1) is 0 Å². The van der Waals surface area contributed by atoms with E-state index in [0.717, 1.165) is 36.7 Å². The highest BCUT2D eigenvalue weighted by molar-refractivity contribution is 6.32. The number of hydrogen-bond acceptors (Lipinski definition) is 10. The molecule has 3 aromatic rings. The maximum Gasteiger partial charge on any atom is 0.353 e. The van der Waals surface area contributed by atoms with E-state index < -0.39 is 4.92 Å². The number of fused-ring (bicyclic) bond motifs is 1. The number of anilines is 3. The monoisotopic (exact) mass is 469 g/mol. The summed E-state index contributed by atoms with van der Waals surface area (Å²) < 4.78 is 10.8. The van der Waals surface area contributed by atoms with Crippen molar-refractivity contribution in [2.45, 2.75) is 6.54 Å². The Labute approximate surface area is 194 Å². The van der Waals surface area contributed by atoms with Crippen molar-refractivity contribution in [3.8, 4) is 11.5 Å². The number of nitrogens with one attached hydrogen (secondary N) is 1. The molecule has 0 atom stereocenters. The normalized spacial score (nSPS) is 15.5. The Kier molecular flexibility index (Phi) is 5.80. The first-order chi connectivity index (χ1) is 16.1. The molecule has 0 amide bonds. The topological polar surface area (TPSA) is 119 Å². The summed E-state index contributed by atoms with van der Waals surface area (Å²) in [7, 11) is 0. The van der Waals surface area contributed by atoms with E-state index in [1.807, 2.05) is 23.1 Å². The predicted octanol–water partition coefficient (Wildman–Crippen LogP) is 3.23. The van der Waals surface area contributed by atoms with Gasteiger partial charge in [0.25, 0.3) is 0 Å². The van der Waals surface area contributed by atoms with Gasteiger partial charge in [0.15, 0.2) is 16.7 Å². The number of pyridine rings is 1. The molecule has 4 heterocycles. The van der Waals surface area contributed by atoms with Crippen molar-refractivity contribution >= 4 is 34.6 Å². The van der Waals surface area contributed by atoms with Gasteiger partial charge in [-0.1, -0.05) is 17.7 Å². The maximum atomic E-state index is 11.9. The zero-order valence-electron chi connectivity index (χ0n) is 17.5. The Morgan fingerprint density at radius 3 is 2.70 bits per heavy atom. The fraction of sp³-hybridized carbons (Fsp3) is 0.286. The summed E-state index contributed by atoms with van der Waals surface area (Å²) in [6, 6.07) is 9.29. The van der Waals surface area contributed by atoms with Crippen LogP contribution in [0.5, 0.6) is 11.5 Å². The molecule has 0 unspecified atom stereocenters. The maximum absolute atomic E-state index is 11.9. The first-order valence-electron chi connectivity index (χ1n) is 10.3. The molecular weight excluding hydrogens is 450 g/mol. The molecular formula is C21H20ClN7O4. The van der Waals surface area contributed by atoms with Crippen LogP contribution in [-0.4, -0.2) is 57.7 Å². The fourth-order valence-corrected chi connectivity index (χ4v) is 4.05. The van der Waals surface area contributed by atoms with Crippen LogP contribution >= 0.6 is 11.6 Å². The van der Waals surface area contributed by atoms with Gasteiger partial charge in [0.05, 0.1) is 10.6 Å². The van der Waals surface area contributed by atoms with Gasteiger partial charge in [-0.2, -0.15) is 0 Å². The lowest BCUT2D eigenvalue weighted by Crippen LogP contribution is -2.46. The summed E-state index contributed by atoms with van der Waals surface area (Å²) in [5.74, 6) is 1.87. The van der Waals surface area contributed by atoms with Gasteiger partial charge in [-0.25, -0.2) is 15.0 Å². The van der Waals surface area contributed by atoms with Crippen molar-refractivity contribution in [2.24, 2.45) is 0 Å². The molecule has 1 aromatic carbocycles. The first-order valence-corrected chi connectivity index (χ1v) is 10.7. The molecule has 170 valence electrons. The highest BCUT2D eigenvalue weighted by Gasteiger charge is 2.30. The summed E-state index contributed by atoms with van der Waals surface area (Å²) in [5.41, 5.74) is 1.36. The van der Waals surface area contributed by atoms with Crippen molar-refractivity contribution < 1.29 is 14.4 Å². The largest absolute Gasteiger partial charge is 0.454 e. The number of ether oxygens (including phenoxy) is 2. The van der Waals surface area contributed by atoms with Gasteiger partial charge in [-0.05, 0) is 29.8 Å². The lowest BCUT2D eigenvalue weighted by molar-refractivity contribution is -0.383. The molecule has 5 rings (SSSR count). The molecule has 33 heavy (non-hydrogen) atoms. The van der Waals surface area contributed by atoms with E-state index in [4.69, 9.17) is 21.1 Å². The number of piperazine rings is 1. The Bertz CT molecular complexity index is 1190. The Hall–Kier alpha value is -3.70. The van der Waals surface area contributed by atoms with Gasteiger partial charge < -0.3 is 19.7 Å². The lowest BCUT2D eigenvalue weighted by atomic mass is 10.1. The number of halogens is 1. The number of nitrogens with zero attached hydrogens (tertiary/aromatic N) is 6. The molecule has 2 aromatic heterocycles. The standard InChI is InChI=1S/C21H20ClN7O4/c22-19-15(2-1-5-23-19)26-20-18(29(30)31)21(25-12-24-20)28-8-6-27(7-9-28)11-14-3-4-16-17(10-14)33-13-32-16/h1-5,10,12H,6-9,11,13H2,(H,24,25,26). The van der Waals surface area contributed by atoms with E-state index in [-0.39, 0.29) is 29.3 Å². The van der Waals surface area contributed by atoms with E-state index >= 15 is 0 Å². The molecule has 2 aliphatic heterocycles. The van der Waals surface area contributed by atoms with Crippen LogP contribution in [0, 0.1) is 10.1 Å². The molecule has 1 saturated heterocycles. The third-order valence-corrected chi connectivity index (χ3v) is 5.81. The predicted molar refractivity (Wildman–Crippen MR) is 121 cm³/mol.